The third kappa shape index (κ3) is 2.55. The van der Waals surface area contributed by atoms with Gasteiger partial charge in [-0.3, -0.25) is 0 Å². The predicted octanol–water partition coefficient (Wildman–Crippen LogP) is 2.05. The summed E-state index contributed by atoms with van der Waals surface area (Å²) in [5, 5.41) is 0. The summed E-state index contributed by atoms with van der Waals surface area (Å²) in [6.45, 7) is 5.16. The van der Waals surface area contributed by atoms with E-state index in [1.54, 1.807) is 6.20 Å². The minimum Gasteiger partial charge on any atom is -0.378 e. The second kappa shape index (κ2) is 5.33. The van der Waals surface area contributed by atoms with Crippen molar-refractivity contribution in [3.05, 3.63) is 22.4 Å². The number of nitrogens with zero attached hydrogens (tertiary/aromatic N) is 2. The summed E-state index contributed by atoms with van der Waals surface area (Å²) in [5.41, 5.74) is 1.93. The van der Waals surface area contributed by atoms with Gasteiger partial charge >= 0.3 is 0 Å². The van der Waals surface area contributed by atoms with Crippen LogP contribution in [0.4, 0.5) is 5.69 Å². The Morgan fingerprint density at radius 2 is 2.19 bits per heavy atom. The van der Waals surface area contributed by atoms with Crippen LogP contribution in [0.1, 0.15) is 12.6 Å². The molecule has 0 aromatic carbocycles. The highest BCUT2D eigenvalue weighted by molar-refractivity contribution is 9.10. The van der Waals surface area contributed by atoms with Crippen molar-refractivity contribution in [1.82, 2.24) is 4.98 Å². The van der Waals surface area contributed by atoms with Crippen LogP contribution in [0, 0.1) is 11.8 Å². The van der Waals surface area contributed by atoms with E-state index in [0.717, 1.165) is 42.2 Å². The van der Waals surface area contributed by atoms with E-state index < -0.39 is 0 Å². The molecule has 0 unspecified atom stereocenters. The van der Waals surface area contributed by atoms with Crippen LogP contribution in [-0.2, 0) is 4.74 Å². The van der Waals surface area contributed by atoms with Gasteiger partial charge < -0.3 is 9.64 Å². The fourth-order valence-corrected chi connectivity index (χ4v) is 2.01. The molecule has 1 aromatic rings. The molecule has 0 N–H and O–H groups in total. The molecule has 2 heterocycles. The highest BCUT2D eigenvalue weighted by atomic mass is 79.9. The van der Waals surface area contributed by atoms with Crippen molar-refractivity contribution in [2.45, 2.75) is 6.92 Å². The van der Waals surface area contributed by atoms with Gasteiger partial charge in [0.1, 0.15) is 5.69 Å². The van der Waals surface area contributed by atoms with Crippen LogP contribution in [0.3, 0.4) is 0 Å². The molecule has 0 atom stereocenters. The Kier molecular flexibility index (Phi) is 3.81. The summed E-state index contributed by atoms with van der Waals surface area (Å²) < 4.78 is 6.32. The van der Waals surface area contributed by atoms with Crippen LogP contribution >= 0.6 is 15.9 Å². The lowest BCUT2D eigenvalue weighted by Gasteiger charge is -2.29. The number of anilines is 1. The number of hydrogen-bond acceptors (Lipinski definition) is 3. The molecule has 1 fully saturated rings. The molecule has 1 saturated heterocycles. The standard InChI is InChI=1S/C12H13BrN2O/c1-2-3-11-12(8-10(13)9-14-11)15-4-6-16-7-5-15/h8-9H,4-7H2,1H3. The van der Waals surface area contributed by atoms with Gasteiger partial charge in [0.05, 0.1) is 18.9 Å². The quantitative estimate of drug-likeness (QED) is 0.737. The SMILES string of the molecule is CC#Cc1ncc(Br)cc1N1CCOCC1. The molecule has 0 radical (unpaired) electrons. The van der Waals surface area contributed by atoms with Crippen molar-refractivity contribution >= 4 is 21.6 Å². The maximum atomic E-state index is 5.34. The number of pyridine rings is 1. The average Bonchev–Trinajstić information content (AvgIpc) is 2.33. The molecule has 16 heavy (non-hydrogen) atoms. The number of morpholine rings is 1. The van der Waals surface area contributed by atoms with Gasteiger partial charge in [0, 0.05) is 23.8 Å². The molecule has 0 bridgehead atoms. The second-order valence-corrected chi connectivity index (χ2v) is 4.41. The van der Waals surface area contributed by atoms with Gasteiger partial charge in [-0.25, -0.2) is 4.98 Å². The summed E-state index contributed by atoms with van der Waals surface area (Å²) in [4.78, 5) is 6.61. The van der Waals surface area contributed by atoms with E-state index in [-0.39, 0.29) is 0 Å². The van der Waals surface area contributed by atoms with Gasteiger partial charge in [-0.1, -0.05) is 5.92 Å². The largest absolute Gasteiger partial charge is 0.378 e. The van der Waals surface area contributed by atoms with Crippen molar-refractivity contribution in [2.75, 3.05) is 31.2 Å². The third-order valence-electron chi connectivity index (χ3n) is 2.43. The maximum Gasteiger partial charge on any atom is 0.136 e. The molecular weight excluding hydrogens is 268 g/mol. The van der Waals surface area contributed by atoms with Gasteiger partial charge in [-0.05, 0) is 34.8 Å². The second-order valence-electron chi connectivity index (χ2n) is 3.50. The van der Waals surface area contributed by atoms with E-state index in [4.69, 9.17) is 4.74 Å². The van der Waals surface area contributed by atoms with Crippen LogP contribution in [0.15, 0.2) is 16.7 Å². The molecule has 0 saturated carbocycles. The fourth-order valence-electron chi connectivity index (χ4n) is 1.69. The Bertz CT molecular complexity index is 430. The first-order chi connectivity index (χ1) is 7.81. The third-order valence-corrected chi connectivity index (χ3v) is 2.86. The number of rotatable bonds is 1. The number of halogens is 1. The molecule has 2 rings (SSSR count). The smallest absolute Gasteiger partial charge is 0.136 e. The Morgan fingerprint density at radius 1 is 1.44 bits per heavy atom. The molecule has 0 spiro atoms. The van der Waals surface area contributed by atoms with Crippen molar-refractivity contribution in [1.29, 1.82) is 0 Å². The molecule has 4 heteroatoms. The highest BCUT2D eigenvalue weighted by Crippen LogP contribution is 2.23. The summed E-state index contributed by atoms with van der Waals surface area (Å²) in [6, 6.07) is 2.07. The lowest BCUT2D eigenvalue weighted by molar-refractivity contribution is 0.122. The molecule has 1 aliphatic heterocycles. The van der Waals surface area contributed by atoms with Crippen molar-refractivity contribution in [3.63, 3.8) is 0 Å². The zero-order valence-electron chi connectivity index (χ0n) is 9.16. The number of ether oxygens (including phenoxy) is 1. The van der Waals surface area contributed by atoms with Crippen LogP contribution in [0.25, 0.3) is 0 Å². The lowest BCUT2D eigenvalue weighted by atomic mass is 10.2. The fraction of sp³-hybridized carbons (Fsp3) is 0.417. The topological polar surface area (TPSA) is 25.4 Å². The summed E-state index contributed by atoms with van der Waals surface area (Å²) in [6.07, 6.45) is 1.78. The molecule has 3 nitrogen and oxygen atoms in total. The summed E-state index contributed by atoms with van der Waals surface area (Å²) in [7, 11) is 0. The monoisotopic (exact) mass is 280 g/mol. The van der Waals surface area contributed by atoms with Crippen LogP contribution in [0.2, 0.25) is 0 Å². The van der Waals surface area contributed by atoms with E-state index >= 15 is 0 Å². The molecule has 1 aromatic heterocycles. The van der Waals surface area contributed by atoms with Crippen LogP contribution in [-0.4, -0.2) is 31.3 Å². The Morgan fingerprint density at radius 3 is 2.88 bits per heavy atom. The zero-order valence-corrected chi connectivity index (χ0v) is 10.7. The average molecular weight is 281 g/mol. The highest BCUT2D eigenvalue weighted by Gasteiger charge is 2.15. The van der Waals surface area contributed by atoms with E-state index in [1.807, 2.05) is 6.92 Å². The predicted molar refractivity (Wildman–Crippen MR) is 67.5 cm³/mol. The number of hydrogen-bond donors (Lipinski definition) is 0. The van der Waals surface area contributed by atoms with Gasteiger partial charge in [-0.2, -0.15) is 0 Å². The maximum absolute atomic E-state index is 5.34. The van der Waals surface area contributed by atoms with E-state index in [1.165, 1.54) is 0 Å². The van der Waals surface area contributed by atoms with Crippen molar-refractivity contribution < 1.29 is 4.74 Å². The normalized spacial score (nSPS) is 15.5. The van der Waals surface area contributed by atoms with Crippen LogP contribution < -0.4 is 4.90 Å². The first-order valence-corrected chi connectivity index (χ1v) is 6.01. The minimum absolute atomic E-state index is 0.769. The molecule has 84 valence electrons. The van der Waals surface area contributed by atoms with E-state index in [2.05, 4.69) is 43.7 Å². The summed E-state index contributed by atoms with van der Waals surface area (Å²) in [5.74, 6) is 5.93. The summed E-state index contributed by atoms with van der Waals surface area (Å²) >= 11 is 3.45. The van der Waals surface area contributed by atoms with E-state index in [0.29, 0.717) is 0 Å². The Balaban J connectivity index is 2.34. The zero-order chi connectivity index (χ0) is 11.4. The molecule has 0 amide bonds. The van der Waals surface area contributed by atoms with Crippen LogP contribution in [0.5, 0.6) is 0 Å². The van der Waals surface area contributed by atoms with Gasteiger partial charge in [-0.15, -0.1) is 0 Å². The minimum atomic E-state index is 0.769. The Hall–Kier alpha value is -1.05. The Labute approximate surface area is 104 Å². The first-order valence-electron chi connectivity index (χ1n) is 5.22. The van der Waals surface area contributed by atoms with Crippen molar-refractivity contribution in [2.24, 2.45) is 0 Å². The number of aromatic nitrogens is 1. The van der Waals surface area contributed by atoms with E-state index in [9.17, 15) is 0 Å². The van der Waals surface area contributed by atoms with Gasteiger partial charge in [0.15, 0.2) is 0 Å². The molecular formula is C12H13BrN2O. The lowest BCUT2D eigenvalue weighted by Crippen LogP contribution is -2.36. The first kappa shape index (κ1) is 11.4. The molecule has 0 aliphatic carbocycles. The van der Waals surface area contributed by atoms with Crippen molar-refractivity contribution in [3.8, 4) is 11.8 Å². The van der Waals surface area contributed by atoms with Gasteiger partial charge in [0.25, 0.3) is 0 Å². The molecule has 1 aliphatic rings. The van der Waals surface area contributed by atoms with Gasteiger partial charge in [0.2, 0.25) is 0 Å².